The molecule has 2 atom stereocenters. The third-order valence-corrected chi connectivity index (χ3v) is 4.62. The number of carbonyl (C=O) groups is 2. The first-order chi connectivity index (χ1) is 13.5. The Morgan fingerprint density at radius 2 is 2.04 bits per heavy atom. The number of benzene rings is 2. The van der Waals surface area contributed by atoms with Crippen molar-refractivity contribution < 1.29 is 19.1 Å². The van der Waals surface area contributed by atoms with E-state index in [1.54, 1.807) is 31.2 Å². The molecule has 28 heavy (non-hydrogen) atoms. The van der Waals surface area contributed by atoms with Crippen molar-refractivity contribution in [1.29, 1.82) is 0 Å². The number of anilines is 1. The highest BCUT2D eigenvalue weighted by atomic mass is 16.5. The van der Waals surface area contributed by atoms with Crippen molar-refractivity contribution in [2.45, 2.75) is 38.9 Å². The van der Waals surface area contributed by atoms with Crippen molar-refractivity contribution in [3.05, 3.63) is 59.7 Å². The van der Waals surface area contributed by atoms with E-state index in [9.17, 15) is 9.59 Å². The lowest BCUT2D eigenvalue weighted by molar-refractivity contribution is -0.122. The van der Waals surface area contributed by atoms with Crippen LogP contribution in [0.25, 0.3) is 0 Å². The highest BCUT2D eigenvalue weighted by Gasteiger charge is 2.20. The minimum absolute atomic E-state index is 0.0634. The van der Waals surface area contributed by atoms with Crippen LogP contribution in [0.15, 0.2) is 48.5 Å². The van der Waals surface area contributed by atoms with Gasteiger partial charge in [0, 0.05) is 13.2 Å². The Kier molecular flexibility index (Phi) is 6.66. The fourth-order valence-electron chi connectivity index (χ4n) is 3.08. The van der Waals surface area contributed by atoms with Gasteiger partial charge in [-0.15, -0.1) is 0 Å². The van der Waals surface area contributed by atoms with Crippen molar-refractivity contribution in [2.75, 3.05) is 18.5 Å². The molecule has 3 rings (SSSR count). The molecule has 1 aliphatic heterocycles. The Labute approximate surface area is 165 Å². The summed E-state index contributed by atoms with van der Waals surface area (Å²) in [5, 5.41) is 5.68. The molecule has 2 aromatic rings. The molecule has 2 aromatic carbocycles. The fraction of sp³-hybridized carbons (Fsp3) is 0.364. The number of nitrogens with one attached hydrogen (secondary N) is 2. The van der Waals surface area contributed by atoms with Crippen LogP contribution in [0, 0.1) is 6.92 Å². The summed E-state index contributed by atoms with van der Waals surface area (Å²) in [6.07, 6.45) is 1.33. The summed E-state index contributed by atoms with van der Waals surface area (Å²) < 4.78 is 11.2. The third-order valence-electron chi connectivity index (χ3n) is 4.62. The second kappa shape index (κ2) is 9.37. The van der Waals surface area contributed by atoms with Crippen LogP contribution in [0.5, 0.6) is 5.75 Å². The van der Waals surface area contributed by atoms with Crippen LogP contribution in [0.2, 0.25) is 0 Å². The highest BCUT2D eigenvalue weighted by Crippen LogP contribution is 2.18. The van der Waals surface area contributed by atoms with Crippen molar-refractivity contribution in [1.82, 2.24) is 5.32 Å². The summed E-state index contributed by atoms with van der Waals surface area (Å²) in [6, 6.07) is 14.5. The molecule has 0 bridgehead atoms. The zero-order valence-electron chi connectivity index (χ0n) is 16.2. The molecular formula is C22H26N2O4. The maximum atomic E-state index is 12.6. The second-order valence-electron chi connectivity index (χ2n) is 6.96. The molecule has 1 heterocycles. The third kappa shape index (κ3) is 5.33. The summed E-state index contributed by atoms with van der Waals surface area (Å²) in [6.45, 7) is 4.85. The minimum atomic E-state index is -0.704. The normalized spacial score (nSPS) is 17.0. The Balaban J connectivity index is 1.61. The Morgan fingerprint density at radius 1 is 1.21 bits per heavy atom. The number of ether oxygens (including phenoxy) is 2. The predicted molar refractivity (Wildman–Crippen MR) is 108 cm³/mol. The zero-order valence-corrected chi connectivity index (χ0v) is 16.2. The average Bonchev–Trinajstić information content (AvgIpc) is 3.20. The molecule has 0 unspecified atom stereocenters. The lowest BCUT2D eigenvalue weighted by atomic mass is 10.1. The topological polar surface area (TPSA) is 76.7 Å². The summed E-state index contributed by atoms with van der Waals surface area (Å²) in [4.78, 5) is 25.1. The molecule has 1 saturated heterocycles. The number of carbonyl (C=O) groups excluding carboxylic acids is 2. The quantitative estimate of drug-likeness (QED) is 0.770. The molecule has 0 aliphatic carbocycles. The number of hydrogen-bond donors (Lipinski definition) is 2. The van der Waals surface area contributed by atoms with Gasteiger partial charge in [-0.2, -0.15) is 0 Å². The molecule has 1 fully saturated rings. The van der Waals surface area contributed by atoms with E-state index in [2.05, 4.69) is 10.6 Å². The zero-order chi connectivity index (χ0) is 19.9. The number of amides is 2. The first-order valence-electron chi connectivity index (χ1n) is 9.56. The monoisotopic (exact) mass is 382 g/mol. The van der Waals surface area contributed by atoms with Gasteiger partial charge in [0.25, 0.3) is 11.8 Å². The molecule has 6 nitrogen and oxygen atoms in total. The maximum absolute atomic E-state index is 12.6. The molecule has 148 valence electrons. The van der Waals surface area contributed by atoms with Crippen LogP contribution in [-0.4, -0.2) is 37.2 Å². The average molecular weight is 382 g/mol. The van der Waals surface area contributed by atoms with Crippen molar-refractivity contribution in [2.24, 2.45) is 0 Å². The van der Waals surface area contributed by atoms with E-state index in [4.69, 9.17) is 9.47 Å². The van der Waals surface area contributed by atoms with Crippen LogP contribution < -0.4 is 15.4 Å². The van der Waals surface area contributed by atoms with Gasteiger partial charge in [0.15, 0.2) is 6.10 Å². The van der Waals surface area contributed by atoms with E-state index >= 15 is 0 Å². The molecule has 2 amide bonds. The predicted octanol–water partition coefficient (Wildman–Crippen LogP) is 3.31. The van der Waals surface area contributed by atoms with E-state index < -0.39 is 6.10 Å². The van der Waals surface area contributed by atoms with Gasteiger partial charge in [0.05, 0.1) is 17.4 Å². The van der Waals surface area contributed by atoms with Crippen molar-refractivity contribution in [3.8, 4) is 5.75 Å². The van der Waals surface area contributed by atoms with Gasteiger partial charge in [-0.05, 0) is 56.5 Å². The summed E-state index contributed by atoms with van der Waals surface area (Å²) in [5.74, 6) is 0.0739. The molecule has 0 aromatic heterocycles. The van der Waals surface area contributed by atoms with E-state index in [-0.39, 0.29) is 17.9 Å². The summed E-state index contributed by atoms with van der Waals surface area (Å²) >= 11 is 0. The molecular weight excluding hydrogens is 356 g/mol. The lowest BCUT2D eigenvalue weighted by Gasteiger charge is -2.17. The summed E-state index contributed by atoms with van der Waals surface area (Å²) in [5.41, 5.74) is 1.92. The molecule has 0 spiro atoms. The number of para-hydroxylation sites is 1. The maximum Gasteiger partial charge on any atom is 0.265 e. The van der Waals surface area contributed by atoms with Gasteiger partial charge >= 0.3 is 0 Å². The number of hydrogen-bond acceptors (Lipinski definition) is 4. The lowest BCUT2D eigenvalue weighted by Crippen LogP contribution is -2.34. The van der Waals surface area contributed by atoms with E-state index in [0.717, 1.165) is 25.0 Å². The first-order valence-corrected chi connectivity index (χ1v) is 9.56. The molecule has 1 aliphatic rings. The SMILES string of the molecule is Cc1cccc(O[C@@H](C)C(=O)Nc2ccccc2C(=O)NC[C@@H]2CCCO2)c1. The van der Waals surface area contributed by atoms with E-state index in [1.807, 2.05) is 31.2 Å². The summed E-state index contributed by atoms with van der Waals surface area (Å²) in [7, 11) is 0. The molecule has 0 saturated carbocycles. The minimum Gasteiger partial charge on any atom is -0.481 e. The van der Waals surface area contributed by atoms with E-state index in [1.165, 1.54) is 0 Å². The van der Waals surface area contributed by atoms with E-state index in [0.29, 0.717) is 23.5 Å². The van der Waals surface area contributed by atoms with Crippen LogP contribution in [0.3, 0.4) is 0 Å². The van der Waals surface area contributed by atoms with Crippen LogP contribution >= 0.6 is 0 Å². The largest absolute Gasteiger partial charge is 0.481 e. The number of aryl methyl sites for hydroxylation is 1. The first kappa shape index (κ1) is 19.9. The molecule has 6 heteroatoms. The van der Waals surface area contributed by atoms with Crippen LogP contribution in [0.4, 0.5) is 5.69 Å². The highest BCUT2D eigenvalue weighted by molar-refractivity contribution is 6.04. The molecule has 2 N–H and O–H groups in total. The van der Waals surface area contributed by atoms with Gasteiger partial charge in [-0.1, -0.05) is 24.3 Å². The van der Waals surface area contributed by atoms with Crippen molar-refractivity contribution in [3.63, 3.8) is 0 Å². The van der Waals surface area contributed by atoms with Gasteiger partial charge in [-0.3, -0.25) is 9.59 Å². The second-order valence-corrected chi connectivity index (χ2v) is 6.96. The van der Waals surface area contributed by atoms with Gasteiger partial charge in [-0.25, -0.2) is 0 Å². The standard InChI is InChI=1S/C22H26N2O4/c1-15-7-5-8-17(13-15)28-16(2)21(25)24-20-11-4-3-10-19(20)22(26)23-14-18-9-6-12-27-18/h3-5,7-8,10-11,13,16,18H,6,9,12,14H2,1-2H3,(H,23,26)(H,24,25)/t16-,18-/m0/s1. The number of rotatable bonds is 7. The smallest absolute Gasteiger partial charge is 0.265 e. The molecule has 0 radical (unpaired) electrons. The van der Waals surface area contributed by atoms with Crippen molar-refractivity contribution >= 4 is 17.5 Å². The van der Waals surface area contributed by atoms with Crippen LogP contribution in [0.1, 0.15) is 35.7 Å². The Bertz CT molecular complexity index is 831. The Morgan fingerprint density at radius 3 is 2.79 bits per heavy atom. The van der Waals surface area contributed by atoms with Crippen LogP contribution in [-0.2, 0) is 9.53 Å². The Hall–Kier alpha value is -2.86. The fourth-order valence-corrected chi connectivity index (χ4v) is 3.08. The van der Waals surface area contributed by atoms with Gasteiger partial charge in [0.2, 0.25) is 0 Å². The van der Waals surface area contributed by atoms with Gasteiger partial charge < -0.3 is 20.1 Å². The van der Waals surface area contributed by atoms with Gasteiger partial charge in [0.1, 0.15) is 5.75 Å².